The fourth-order valence-electron chi connectivity index (χ4n) is 3.13. The van der Waals surface area contributed by atoms with Crippen molar-refractivity contribution in [2.24, 2.45) is 5.73 Å². The molecule has 0 spiro atoms. The Hall–Kier alpha value is 0.270. The van der Waals surface area contributed by atoms with E-state index in [1.165, 1.54) is 38.5 Å². The van der Waals surface area contributed by atoms with Gasteiger partial charge in [0.2, 0.25) is 0 Å². The van der Waals surface area contributed by atoms with Crippen molar-refractivity contribution in [3.05, 3.63) is 0 Å². The third kappa shape index (κ3) is 1.82. The normalized spacial score (nSPS) is 51.6. The van der Waals surface area contributed by atoms with E-state index in [2.05, 4.69) is 17.1 Å². The molecule has 14 heavy (non-hydrogen) atoms. The highest BCUT2D eigenvalue weighted by molar-refractivity contribution is 8.00. The number of nitrogens with one attached hydrogen (secondary N) is 1. The number of hydrogen-bond donors (Lipinski definition) is 2. The van der Waals surface area contributed by atoms with Crippen LogP contribution in [0.15, 0.2) is 0 Å². The van der Waals surface area contributed by atoms with E-state index in [0.29, 0.717) is 6.04 Å². The molecule has 2 heterocycles. The zero-order valence-electron chi connectivity index (χ0n) is 8.61. The number of thioether (sulfide) groups is 1. The lowest BCUT2D eigenvalue weighted by molar-refractivity contribution is 0.255. The second-order valence-electron chi connectivity index (χ2n) is 5.22. The molecule has 2 unspecified atom stereocenters. The van der Waals surface area contributed by atoms with Crippen LogP contribution >= 0.6 is 11.8 Å². The van der Waals surface area contributed by atoms with Gasteiger partial charge in [0.05, 0.1) is 0 Å². The lowest BCUT2D eigenvalue weighted by Crippen LogP contribution is -2.52. The van der Waals surface area contributed by atoms with Gasteiger partial charge in [-0.2, -0.15) is 11.8 Å². The van der Waals surface area contributed by atoms with Crippen molar-refractivity contribution in [2.45, 2.75) is 67.2 Å². The van der Waals surface area contributed by atoms with Gasteiger partial charge < -0.3 is 11.1 Å². The van der Waals surface area contributed by atoms with Crippen LogP contribution in [0, 0.1) is 0 Å². The SMILES string of the molecule is NC1CC(NC2CC3CCC(C2)S3)C1. The zero-order chi connectivity index (χ0) is 9.54. The van der Waals surface area contributed by atoms with Crippen molar-refractivity contribution in [2.75, 3.05) is 0 Å². The van der Waals surface area contributed by atoms with Gasteiger partial charge in [-0.1, -0.05) is 0 Å². The van der Waals surface area contributed by atoms with Gasteiger partial charge in [0.25, 0.3) is 0 Å². The Labute approximate surface area is 90.4 Å². The number of nitrogens with two attached hydrogens (primary N) is 1. The summed E-state index contributed by atoms with van der Waals surface area (Å²) in [7, 11) is 0. The minimum absolute atomic E-state index is 0.488. The van der Waals surface area contributed by atoms with Gasteiger partial charge in [0, 0.05) is 28.6 Å². The predicted octanol–water partition coefficient (Wildman–Crippen LogP) is 1.49. The van der Waals surface area contributed by atoms with Gasteiger partial charge in [0.15, 0.2) is 0 Å². The first-order chi connectivity index (χ1) is 6.79. The molecule has 2 bridgehead atoms. The number of hydrogen-bond acceptors (Lipinski definition) is 3. The Balaban J connectivity index is 1.49. The van der Waals surface area contributed by atoms with Crippen LogP contribution in [-0.2, 0) is 0 Å². The summed E-state index contributed by atoms with van der Waals surface area (Å²) < 4.78 is 0. The van der Waals surface area contributed by atoms with Crippen LogP contribution in [0.1, 0.15) is 38.5 Å². The van der Waals surface area contributed by atoms with Crippen molar-refractivity contribution < 1.29 is 0 Å². The molecule has 2 aliphatic heterocycles. The van der Waals surface area contributed by atoms with Crippen LogP contribution in [0.4, 0.5) is 0 Å². The summed E-state index contributed by atoms with van der Waals surface area (Å²) in [4.78, 5) is 0. The number of fused-ring (bicyclic) bond motifs is 2. The maximum atomic E-state index is 5.80. The van der Waals surface area contributed by atoms with Gasteiger partial charge in [-0.15, -0.1) is 0 Å². The topological polar surface area (TPSA) is 38.0 Å². The monoisotopic (exact) mass is 212 g/mol. The molecule has 3 rings (SSSR count). The molecule has 1 aliphatic carbocycles. The first-order valence-corrected chi connectivity index (χ1v) is 6.91. The Bertz CT molecular complexity index is 203. The minimum Gasteiger partial charge on any atom is -0.328 e. The first-order valence-electron chi connectivity index (χ1n) is 5.96. The van der Waals surface area contributed by atoms with E-state index in [0.717, 1.165) is 22.6 Å². The van der Waals surface area contributed by atoms with Crippen molar-refractivity contribution in [3.8, 4) is 0 Å². The summed E-state index contributed by atoms with van der Waals surface area (Å²) in [5.41, 5.74) is 5.80. The molecule has 0 radical (unpaired) electrons. The molecule has 2 saturated heterocycles. The lowest BCUT2D eigenvalue weighted by atomic mass is 9.86. The van der Waals surface area contributed by atoms with E-state index in [1.807, 2.05) is 0 Å². The van der Waals surface area contributed by atoms with Crippen molar-refractivity contribution in [3.63, 3.8) is 0 Å². The van der Waals surface area contributed by atoms with Gasteiger partial charge in [-0.3, -0.25) is 0 Å². The molecule has 3 heteroatoms. The summed E-state index contributed by atoms with van der Waals surface area (Å²) in [6, 6.07) is 2.05. The summed E-state index contributed by atoms with van der Waals surface area (Å²) in [5, 5.41) is 5.74. The maximum Gasteiger partial charge on any atom is 0.00991 e. The molecule has 0 aromatic rings. The van der Waals surface area contributed by atoms with E-state index in [4.69, 9.17) is 5.73 Å². The fraction of sp³-hybridized carbons (Fsp3) is 1.00. The molecule has 0 aromatic carbocycles. The smallest absolute Gasteiger partial charge is 0.00991 e. The second-order valence-corrected chi connectivity index (χ2v) is 6.83. The maximum absolute atomic E-state index is 5.80. The Morgan fingerprint density at radius 3 is 2.07 bits per heavy atom. The summed E-state index contributed by atoms with van der Waals surface area (Å²) >= 11 is 2.24. The van der Waals surface area contributed by atoms with Gasteiger partial charge >= 0.3 is 0 Å². The third-order valence-electron chi connectivity index (χ3n) is 3.94. The van der Waals surface area contributed by atoms with Gasteiger partial charge in [0.1, 0.15) is 0 Å². The molecular formula is C11H20N2S. The molecule has 2 nitrogen and oxygen atoms in total. The van der Waals surface area contributed by atoms with Crippen molar-refractivity contribution >= 4 is 11.8 Å². The third-order valence-corrected chi connectivity index (χ3v) is 5.56. The van der Waals surface area contributed by atoms with Crippen LogP contribution in [0.3, 0.4) is 0 Å². The van der Waals surface area contributed by atoms with Crippen LogP contribution in [0.25, 0.3) is 0 Å². The van der Waals surface area contributed by atoms with Crippen LogP contribution in [-0.4, -0.2) is 28.6 Å². The molecule has 80 valence electrons. The minimum atomic E-state index is 0.488. The lowest BCUT2D eigenvalue weighted by Gasteiger charge is -2.38. The molecule has 2 atom stereocenters. The highest BCUT2D eigenvalue weighted by atomic mass is 32.2. The first kappa shape index (κ1) is 9.49. The zero-order valence-corrected chi connectivity index (χ0v) is 9.43. The second kappa shape index (κ2) is 3.69. The average Bonchev–Trinajstić information content (AvgIpc) is 2.43. The quantitative estimate of drug-likeness (QED) is 0.728. The highest BCUT2D eigenvalue weighted by Crippen LogP contribution is 2.43. The average molecular weight is 212 g/mol. The van der Waals surface area contributed by atoms with Crippen molar-refractivity contribution in [1.29, 1.82) is 0 Å². The standard InChI is InChI=1S/C11H20N2S/c12-7-3-8(4-7)13-9-5-10-1-2-11(6-9)14-10/h7-11,13H,1-6,12H2. The molecular weight excluding hydrogens is 192 g/mol. The summed E-state index contributed by atoms with van der Waals surface area (Å²) in [6.07, 6.45) is 8.17. The fourth-order valence-corrected chi connectivity index (χ4v) is 4.90. The molecule has 3 N–H and O–H groups in total. The van der Waals surface area contributed by atoms with E-state index in [9.17, 15) is 0 Å². The van der Waals surface area contributed by atoms with E-state index < -0.39 is 0 Å². The van der Waals surface area contributed by atoms with Crippen molar-refractivity contribution in [1.82, 2.24) is 5.32 Å². The summed E-state index contributed by atoms with van der Waals surface area (Å²) in [6.45, 7) is 0. The Morgan fingerprint density at radius 2 is 1.50 bits per heavy atom. The van der Waals surface area contributed by atoms with Crippen LogP contribution in [0.2, 0.25) is 0 Å². The van der Waals surface area contributed by atoms with E-state index >= 15 is 0 Å². The van der Waals surface area contributed by atoms with E-state index in [1.54, 1.807) is 0 Å². The summed E-state index contributed by atoms with van der Waals surface area (Å²) in [5.74, 6) is 0. The number of rotatable bonds is 2. The van der Waals surface area contributed by atoms with Crippen LogP contribution < -0.4 is 11.1 Å². The largest absolute Gasteiger partial charge is 0.328 e. The Morgan fingerprint density at radius 1 is 0.929 bits per heavy atom. The highest BCUT2D eigenvalue weighted by Gasteiger charge is 2.36. The van der Waals surface area contributed by atoms with Crippen LogP contribution in [0.5, 0.6) is 0 Å². The Kier molecular flexibility index (Phi) is 2.50. The molecule has 0 amide bonds. The molecule has 1 saturated carbocycles. The van der Waals surface area contributed by atoms with Gasteiger partial charge in [-0.05, 0) is 38.5 Å². The molecule has 0 aromatic heterocycles. The molecule has 3 fully saturated rings. The van der Waals surface area contributed by atoms with E-state index in [-0.39, 0.29) is 0 Å². The predicted molar refractivity (Wildman–Crippen MR) is 61.6 cm³/mol. The van der Waals surface area contributed by atoms with Gasteiger partial charge in [-0.25, -0.2) is 0 Å². The molecule has 3 aliphatic rings.